The Kier molecular flexibility index (Phi) is 4.68. The van der Waals surface area contributed by atoms with E-state index in [9.17, 15) is 14.7 Å². The first-order valence-corrected chi connectivity index (χ1v) is 9.87. The van der Waals surface area contributed by atoms with Crippen LogP contribution in [0.1, 0.15) is 24.8 Å². The molecule has 124 valence electrons. The number of nitrogens with zero attached hydrogens (tertiary/aromatic N) is 3. The van der Waals surface area contributed by atoms with Crippen LogP contribution in [-0.2, 0) is 9.59 Å². The molecule has 3 heterocycles. The van der Waals surface area contributed by atoms with Crippen molar-refractivity contribution in [1.82, 2.24) is 15.1 Å². The first-order chi connectivity index (χ1) is 10.9. The van der Waals surface area contributed by atoms with E-state index in [1.54, 1.807) is 0 Å². The Morgan fingerprint density at radius 2 is 2.26 bits per heavy atom. The van der Waals surface area contributed by atoms with Crippen molar-refractivity contribution in [3.05, 3.63) is 16.3 Å². The molecule has 0 bridgehead atoms. The lowest BCUT2D eigenvalue weighted by Gasteiger charge is -2.48. The highest BCUT2D eigenvalue weighted by Gasteiger charge is 2.51. The highest BCUT2D eigenvalue weighted by Crippen LogP contribution is 2.41. The number of carboxylic acids is 1. The summed E-state index contributed by atoms with van der Waals surface area (Å²) in [7, 11) is 0. The van der Waals surface area contributed by atoms with Gasteiger partial charge in [-0.05, 0) is 5.57 Å². The predicted molar refractivity (Wildman–Crippen MR) is 90.5 cm³/mol. The second-order valence-electron chi connectivity index (χ2n) is 5.54. The smallest absolute Gasteiger partial charge is 0.352 e. The fourth-order valence-electron chi connectivity index (χ4n) is 2.35. The summed E-state index contributed by atoms with van der Waals surface area (Å²) in [5, 5.41) is 18.4. The molecule has 1 aromatic heterocycles. The zero-order valence-electron chi connectivity index (χ0n) is 12.6. The third-order valence-corrected chi connectivity index (χ3v) is 7.38. The lowest BCUT2D eigenvalue weighted by molar-refractivity contribution is -0.147. The molecule has 2 aliphatic heterocycles. The van der Waals surface area contributed by atoms with Gasteiger partial charge in [0, 0.05) is 17.4 Å². The van der Waals surface area contributed by atoms with E-state index in [4.69, 9.17) is 5.73 Å². The molecule has 0 aliphatic carbocycles. The summed E-state index contributed by atoms with van der Waals surface area (Å²) >= 11 is 4.49. The molecule has 0 spiro atoms. The van der Waals surface area contributed by atoms with Crippen LogP contribution in [0.2, 0.25) is 0 Å². The maximum absolute atomic E-state index is 11.9. The zero-order valence-corrected chi connectivity index (χ0v) is 15.0. The lowest BCUT2D eigenvalue weighted by atomic mass is 10.0. The number of amides is 1. The van der Waals surface area contributed by atoms with Crippen molar-refractivity contribution in [3.8, 4) is 0 Å². The molecule has 1 amide bonds. The van der Waals surface area contributed by atoms with Crippen molar-refractivity contribution < 1.29 is 14.7 Å². The molecular weight excluding hydrogens is 356 g/mol. The minimum Gasteiger partial charge on any atom is -0.477 e. The van der Waals surface area contributed by atoms with E-state index in [2.05, 4.69) is 24.0 Å². The van der Waals surface area contributed by atoms with Crippen LogP contribution >= 0.6 is 34.9 Å². The number of fused-ring (bicyclic) bond motifs is 1. The minimum absolute atomic E-state index is 0.0848. The van der Waals surface area contributed by atoms with Crippen LogP contribution in [0.25, 0.3) is 0 Å². The first-order valence-electron chi connectivity index (χ1n) is 7.02. The number of thioether (sulfide) groups is 2. The SMILES string of the molecule is CC(C)c1nnc(SCC2=C(C(=O)O)N3C(=O)C(N)[C@H]3SC2)s1. The summed E-state index contributed by atoms with van der Waals surface area (Å²) in [5.74, 6) is -0.0343. The number of aliphatic carboxylic acids is 1. The summed E-state index contributed by atoms with van der Waals surface area (Å²) < 4.78 is 0.810. The first kappa shape index (κ1) is 16.7. The fourth-order valence-corrected chi connectivity index (χ4v) is 5.66. The Balaban J connectivity index is 1.77. The molecule has 2 aliphatic rings. The third kappa shape index (κ3) is 3.00. The summed E-state index contributed by atoms with van der Waals surface area (Å²) in [6.45, 7) is 4.10. The Morgan fingerprint density at radius 1 is 1.52 bits per heavy atom. The average Bonchev–Trinajstić information content (AvgIpc) is 3.00. The van der Waals surface area contributed by atoms with Gasteiger partial charge in [0.1, 0.15) is 22.1 Å². The second kappa shape index (κ2) is 6.42. The number of nitrogens with two attached hydrogens (primary N) is 1. The lowest BCUT2D eigenvalue weighted by Crippen LogP contribution is -2.68. The predicted octanol–water partition coefficient (Wildman–Crippen LogP) is 1.33. The molecule has 0 saturated carbocycles. The van der Waals surface area contributed by atoms with Gasteiger partial charge in [-0.1, -0.05) is 36.9 Å². The number of hydrogen-bond donors (Lipinski definition) is 2. The van der Waals surface area contributed by atoms with Crippen LogP contribution in [-0.4, -0.2) is 55.0 Å². The van der Waals surface area contributed by atoms with E-state index < -0.39 is 12.0 Å². The van der Waals surface area contributed by atoms with E-state index in [0.29, 0.717) is 17.4 Å². The van der Waals surface area contributed by atoms with Gasteiger partial charge in [-0.15, -0.1) is 22.0 Å². The molecule has 3 N–H and O–H groups in total. The molecule has 23 heavy (non-hydrogen) atoms. The van der Waals surface area contributed by atoms with Gasteiger partial charge < -0.3 is 10.8 Å². The molecule has 1 unspecified atom stereocenters. The van der Waals surface area contributed by atoms with E-state index in [0.717, 1.165) is 14.9 Å². The van der Waals surface area contributed by atoms with E-state index in [1.807, 2.05) is 0 Å². The van der Waals surface area contributed by atoms with Crippen molar-refractivity contribution in [1.29, 1.82) is 0 Å². The Hall–Kier alpha value is -1.10. The maximum atomic E-state index is 11.9. The third-order valence-electron chi connectivity index (χ3n) is 3.58. The van der Waals surface area contributed by atoms with Crippen molar-refractivity contribution in [2.24, 2.45) is 5.73 Å². The quantitative estimate of drug-likeness (QED) is 0.588. The largest absolute Gasteiger partial charge is 0.477 e. The Morgan fingerprint density at radius 3 is 2.87 bits per heavy atom. The number of β-lactam (4-membered cyclic amide) rings is 1. The van der Waals surface area contributed by atoms with Gasteiger partial charge >= 0.3 is 5.97 Å². The fraction of sp³-hybridized carbons (Fsp3) is 0.538. The van der Waals surface area contributed by atoms with Gasteiger partial charge in [0.2, 0.25) is 5.91 Å². The van der Waals surface area contributed by atoms with E-state index in [1.165, 1.54) is 39.8 Å². The van der Waals surface area contributed by atoms with Crippen molar-refractivity contribution >= 4 is 46.7 Å². The zero-order chi connectivity index (χ0) is 16.7. The molecule has 1 saturated heterocycles. The van der Waals surface area contributed by atoms with E-state index >= 15 is 0 Å². The normalized spacial score (nSPS) is 24.0. The molecule has 2 atom stereocenters. The Bertz CT molecular complexity index is 688. The van der Waals surface area contributed by atoms with Gasteiger partial charge in [0.15, 0.2) is 4.34 Å². The van der Waals surface area contributed by atoms with Crippen LogP contribution in [0.15, 0.2) is 15.6 Å². The van der Waals surface area contributed by atoms with Gasteiger partial charge in [-0.25, -0.2) is 4.79 Å². The number of hydrogen-bond acceptors (Lipinski definition) is 8. The van der Waals surface area contributed by atoms with Crippen LogP contribution in [0.4, 0.5) is 0 Å². The van der Waals surface area contributed by atoms with Crippen LogP contribution in [0.5, 0.6) is 0 Å². The van der Waals surface area contributed by atoms with Gasteiger partial charge in [-0.2, -0.15) is 0 Å². The number of aromatic nitrogens is 2. The highest BCUT2D eigenvalue weighted by molar-refractivity contribution is 8.01. The summed E-state index contributed by atoms with van der Waals surface area (Å²) in [5.41, 5.74) is 6.54. The van der Waals surface area contributed by atoms with Crippen LogP contribution < -0.4 is 5.73 Å². The molecule has 1 fully saturated rings. The van der Waals surface area contributed by atoms with Gasteiger partial charge in [0.05, 0.1) is 0 Å². The number of carboxylic acid groups (broad SMARTS) is 1. The monoisotopic (exact) mass is 372 g/mol. The minimum atomic E-state index is -1.08. The standard InChI is InChI=1S/C13H16N4O3S3/c1-5(2)9-15-16-13(23-9)22-4-6-3-21-11-7(14)10(18)17(11)8(6)12(19)20/h5,7,11H,3-4,14H2,1-2H3,(H,19,20)/t7?,11-/m1/s1. The molecule has 0 radical (unpaired) electrons. The molecule has 3 rings (SSSR count). The maximum Gasteiger partial charge on any atom is 0.352 e. The average molecular weight is 372 g/mol. The highest BCUT2D eigenvalue weighted by atomic mass is 32.2. The molecule has 7 nitrogen and oxygen atoms in total. The van der Waals surface area contributed by atoms with Crippen molar-refractivity contribution in [2.45, 2.75) is 35.5 Å². The molecule has 1 aromatic rings. The second-order valence-corrected chi connectivity index (χ2v) is 8.88. The Labute approximate surface area is 145 Å². The van der Waals surface area contributed by atoms with Gasteiger partial charge in [-0.3, -0.25) is 9.69 Å². The van der Waals surface area contributed by atoms with Crippen LogP contribution in [0, 0.1) is 0 Å². The number of rotatable bonds is 5. The summed E-state index contributed by atoms with van der Waals surface area (Å²) in [6, 6.07) is -0.597. The van der Waals surface area contributed by atoms with Crippen molar-refractivity contribution in [3.63, 3.8) is 0 Å². The molecule has 0 aromatic carbocycles. The summed E-state index contributed by atoms with van der Waals surface area (Å²) in [4.78, 5) is 24.8. The van der Waals surface area contributed by atoms with E-state index in [-0.39, 0.29) is 17.0 Å². The number of carbonyl (C=O) groups excluding carboxylic acids is 1. The van der Waals surface area contributed by atoms with Gasteiger partial charge in [0.25, 0.3) is 0 Å². The van der Waals surface area contributed by atoms with Crippen molar-refractivity contribution in [2.75, 3.05) is 11.5 Å². The molecular formula is C13H16N4O3S3. The molecule has 10 heteroatoms. The number of carbonyl (C=O) groups is 2. The van der Waals surface area contributed by atoms with Crippen LogP contribution in [0.3, 0.4) is 0 Å². The summed E-state index contributed by atoms with van der Waals surface area (Å²) in [6.07, 6.45) is 0. The topological polar surface area (TPSA) is 109 Å².